The fraction of sp³-hybridized carbons (Fsp3) is 0.379. The minimum atomic E-state index is 0.0342. The van der Waals surface area contributed by atoms with Gasteiger partial charge < -0.3 is 20.5 Å². The van der Waals surface area contributed by atoms with Crippen LogP contribution in [0.1, 0.15) is 58.1 Å². The lowest BCUT2D eigenvalue weighted by atomic mass is 9.91. The van der Waals surface area contributed by atoms with Crippen molar-refractivity contribution in [3.05, 3.63) is 65.4 Å². The van der Waals surface area contributed by atoms with Crippen molar-refractivity contribution in [2.75, 3.05) is 10.6 Å². The molecule has 198 valence electrons. The molecule has 0 aliphatic heterocycles. The third-order valence-corrected chi connectivity index (χ3v) is 7.25. The Balaban J connectivity index is 1.32. The minimum Gasteiger partial charge on any atom is -0.364 e. The second-order valence-corrected chi connectivity index (χ2v) is 10.7. The number of fused-ring (bicyclic) bond motifs is 1. The number of halogens is 1. The van der Waals surface area contributed by atoms with Crippen LogP contribution in [0.3, 0.4) is 0 Å². The summed E-state index contributed by atoms with van der Waals surface area (Å²) in [7, 11) is 0. The van der Waals surface area contributed by atoms with E-state index >= 15 is 0 Å². The zero-order valence-electron chi connectivity index (χ0n) is 22.0. The summed E-state index contributed by atoms with van der Waals surface area (Å²) in [5.41, 5.74) is 4.92. The largest absolute Gasteiger partial charge is 0.364 e. The molecule has 0 saturated heterocycles. The topological polar surface area (TPSA) is 96.8 Å². The highest BCUT2D eigenvalue weighted by molar-refractivity contribution is 6.30. The van der Waals surface area contributed by atoms with E-state index in [0.717, 1.165) is 58.6 Å². The van der Waals surface area contributed by atoms with Crippen molar-refractivity contribution >= 4 is 40.4 Å². The van der Waals surface area contributed by atoms with E-state index in [-0.39, 0.29) is 24.0 Å². The number of imidazole rings is 1. The molecule has 0 radical (unpaired) electrons. The number of aromatic nitrogens is 4. The van der Waals surface area contributed by atoms with E-state index in [1.807, 2.05) is 24.5 Å². The lowest BCUT2D eigenvalue weighted by Crippen LogP contribution is -2.39. The number of hydrogen-bond acceptors (Lipinski definition) is 6. The van der Waals surface area contributed by atoms with Gasteiger partial charge in [0.2, 0.25) is 11.9 Å². The van der Waals surface area contributed by atoms with Crippen LogP contribution in [0.15, 0.2) is 54.9 Å². The number of anilines is 2. The van der Waals surface area contributed by atoms with Crippen LogP contribution >= 0.6 is 11.6 Å². The normalized spacial score (nSPS) is 17.5. The fourth-order valence-electron chi connectivity index (χ4n) is 5.00. The lowest BCUT2D eigenvalue weighted by molar-refractivity contribution is -0.119. The number of hydrogen-bond donors (Lipinski definition) is 3. The number of carbonyl (C=O) groups is 1. The van der Waals surface area contributed by atoms with Gasteiger partial charge in [0.1, 0.15) is 0 Å². The number of carbonyl (C=O) groups excluding carboxylic acids is 1. The Morgan fingerprint density at radius 1 is 1.03 bits per heavy atom. The van der Waals surface area contributed by atoms with Crippen LogP contribution in [0, 0.1) is 0 Å². The van der Waals surface area contributed by atoms with E-state index in [0.29, 0.717) is 18.3 Å². The van der Waals surface area contributed by atoms with E-state index in [4.69, 9.17) is 21.6 Å². The molecular weight excluding hydrogens is 498 g/mol. The maximum atomic E-state index is 11.4. The van der Waals surface area contributed by atoms with Gasteiger partial charge in [0.05, 0.1) is 6.33 Å². The third-order valence-electron chi connectivity index (χ3n) is 7.02. The molecule has 1 aliphatic rings. The van der Waals surface area contributed by atoms with E-state index in [9.17, 15) is 4.79 Å². The van der Waals surface area contributed by atoms with Crippen molar-refractivity contribution in [3.8, 4) is 11.1 Å². The Kier molecular flexibility index (Phi) is 7.79. The van der Waals surface area contributed by atoms with Crippen molar-refractivity contribution in [2.45, 2.75) is 71.1 Å². The molecule has 3 N–H and O–H groups in total. The first kappa shape index (κ1) is 26.0. The SMILES string of the molecule is CC(=O)NC1CCC(Nc2nc(NCc3ccc(-c4cccc(Cl)c4)cc3)c3ncn(C(C)C)c3n2)CC1. The van der Waals surface area contributed by atoms with E-state index in [2.05, 4.69) is 69.7 Å². The highest BCUT2D eigenvalue weighted by Crippen LogP contribution is 2.27. The molecule has 2 aromatic carbocycles. The summed E-state index contributed by atoms with van der Waals surface area (Å²) in [6.07, 6.45) is 5.63. The van der Waals surface area contributed by atoms with Crippen molar-refractivity contribution < 1.29 is 4.79 Å². The molecule has 0 spiro atoms. The molecule has 38 heavy (non-hydrogen) atoms. The van der Waals surface area contributed by atoms with Crippen LogP contribution < -0.4 is 16.0 Å². The van der Waals surface area contributed by atoms with Gasteiger partial charge in [-0.05, 0) is 68.4 Å². The quantitative estimate of drug-likeness (QED) is 0.250. The van der Waals surface area contributed by atoms with Crippen LogP contribution in [-0.2, 0) is 11.3 Å². The second-order valence-electron chi connectivity index (χ2n) is 10.3. The summed E-state index contributed by atoms with van der Waals surface area (Å²) in [4.78, 5) is 25.7. The first-order valence-corrected chi connectivity index (χ1v) is 13.6. The number of rotatable bonds is 8. The molecule has 4 aromatic rings. The molecular formula is C29H34ClN7O. The predicted octanol–water partition coefficient (Wildman–Crippen LogP) is 6.20. The Hall–Kier alpha value is -3.65. The van der Waals surface area contributed by atoms with Gasteiger partial charge in [0.25, 0.3) is 0 Å². The smallest absolute Gasteiger partial charge is 0.227 e. The number of nitrogens with zero attached hydrogens (tertiary/aromatic N) is 4. The van der Waals surface area contributed by atoms with Gasteiger partial charge in [-0.1, -0.05) is 48.0 Å². The molecule has 1 aliphatic carbocycles. The van der Waals surface area contributed by atoms with Crippen LogP contribution in [0.25, 0.3) is 22.3 Å². The minimum absolute atomic E-state index is 0.0342. The maximum absolute atomic E-state index is 11.4. The van der Waals surface area contributed by atoms with E-state index in [1.165, 1.54) is 0 Å². The molecule has 8 nitrogen and oxygen atoms in total. The Labute approximate surface area is 228 Å². The van der Waals surface area contributed by atoms with Gasteiger partial charge in [-0.15, -0.1) is 0 Å². The summed E-state index contributed by atoms with van der Waals surface area (Å²) in [5, 5.41) is 10.8. The zero-order chi connectivity index (χ0) is 26.6. The number of nitrogens with one attached hydrogen (secondary N) is 3. The van der Waals surface area contributed by atoms with Gasteiger partial charge in [-0.3, -0.25) is 4.79 Å². The van der Waals surface area contributed by atoms with Crippen molar-refractivity contribution in [3.63, 3.8) is 0 Å². The van der Waals surface area contributed by atoms with Crippen LogP contribution in [0.2, 0.25) is 5.02 Å². The molecule has 1 fully saturated rings. The molecule has 1 saturated carbocycles. The lowest BCUT2D eigenvalue weighted by Gasteiger charge is -2.29. The van der Waals surface area contributed by atoms with Gasteiger partial charge in [0, 0.05) is 36.6 Å². The highest BCUT2D eigenvalue weighted by Gasteiger charge is 2.23. The van der Waals surface area contributed by atoms with Crippen molar-refractivity contribution in [1.82, 2.24) is 24.8 Å². The van der Waals surface area contributed by atoms with Crippen LogP contribution in [0.5, 0.6) is 0 Å². The summed E-state index contributed by atoms with van der Waals surface area (Å²) < 4.78 is 2.07. The van der Waals surface area contributed by atoms with E-state index < -0.39 is 0 Å². The predicted molar refractivity (Wildman–Crippen MR) is 153 cm³/mol. The summed E-state index contributed by atoms with van der Waals surface area (Å²) >= 11 is 6.16. The standard InChI is InChI=1S/C29H34ClN7O/c1-18(2)37-17-32-26-27(31-16-20-7-9-21(10-8-20)22-5-4-6-23(30)15-22)35-29(36-28(26)37)34-25-13-11-24(12-14-25)33-19(3)38/h4-10,15,17-18,24-25H,11-14,16H2,1-3H3,(H,33,38)(H2,31,34,35,36). The summed E-state index contributed by atoms with van der Waals surface area (Å²) in [5.74, 6) is 1.34. The number of amides is 1. The molecule has 1 amide bonds. The van der Waals surface area contributed by atoms with Gasteiger partial charge in [-0.25, -0.2) is 4.98 Å². The number of benzene rings is 2. The van der Waals surface area contributed by atoms with Crippen molar-refractivity contribution in [2.24, 2.45) is 0 Å². The van der Waals surface area contributed by atoms with Gasteiger partial charge >= 0.3 is 0 Å². The Morgan fingerprint density at radius 2 is 1.76 bits per heavy atom. The monoisotopic (exact) mass is 531 g/mol. The Morgan fingerprint density at radius 3 is 2.45 bits per heavy atom. The van der Waals surface area contributed by atoms with Crippen LogP contribution in [-0.4, -0.2) is 37.5 Å². The van der Waals surface area contributed by atoms with Crippen LogP contribution in [0.4, 0.5) is 11.8 Å². The average Bonchev–Trinajstić information content (AvgIpc) is 3.33. The second kappa shape index (κ2) is 11.4. The third kappa shape index (κ3) is 6.07. The zero-order valence-corrected chi connectivity index (χ0v) is 22.8. The highest BCUT2D eigenvalue weighted by atomic mass is 35.5. The molecule has 5 rings (SSSR count). The van der Waals surface area contributed by atoms with Gasteiger partial charge in [-0.2, -0.15) is 9.97 Å². The van der Waals surface area contributed by atoms with E-state index in [1.54, 1.807) is 6.92 Å². The first-order valence-electron chi connectivity index (χ1n) is 13.2. The Bertz CT molecular complexity index is 1410. The summed E-state index contributed by atoms with van der Waals surface area (Å²) in [6.45, 7) is 6.42. The first-order chi connectivity index (χ1) is 18.4. The molecule has 9 heteroatoms. The van der Waals surface area contributed by atoms with Crippen molar-refractivity contribution in [1.29, 1.82) is 0 Å². The average molecular weight is 532 g/mol. The molecule has 2 heterocycles. The maximum Gasteiger partial charge on any atom is 0.227 e. The van der Waals surface area contributed by atoms with Gasteiger partial charge in [0.15, 0.2) is 17.0 Å². The molecule has 2 aromatic heterocycles. The molecule has 0 unspecified atom stereocenters. The molecule has 0 bridgehead atoms. The fourth-order valence-corrected chi connectivity index (χ4v) is 5.19. The summed E-state index contributed by atoms with van der Waals surface area (Å²) in [6, 6.07) is 17.0. The molecule has 0 atom stereocenters.